The van der Waals surface area contributed by atoms with Gasteiger partial charge in [-0.05, 0) is 46.1 Å². The Kier molecular flexibility index (Phi) is 7.71. The van der Waals surface area contributed by atoms with E-state index >= 15 is 0 Å². The van der Waals surface area contributed by atoms with Crippen LogP contribution in [0.4, 0.5) is 0 Å². The predicted molar refractivity (Wildman–Crippen MR) is 60.9 cm³/mol. The van der Waals surface area contributed by atoms with Crippen molar-refractivity contribution in [3.05, 3.63) is 24.8 Å². The van der Waals surface area contributed by atoms with E-state index in [1.807, 2.05) is 7.05 Å². The number of allylic oxidation sites excluding steroid dienone is 3. The van der Waals surface area contributed by atoms with Gasteiger partial charge < -0.3 is 5.32 Å². The smallest absolute Gasteiger partial charge is 0.00359 e. The maximum absolute atomic E-state index is 3.86. The Morgan fingerprint density at radius 1 is 1.38 bits per heavy atom. The fraction of sp³-hybridized carbons (Fsp3) is 0.667. The molecule has 0 aromatic heterocycles. The maximum atomic E-state index is 3.86. The molecule has 0 amide bonds. The molecule has 0 aromatic carbocycles. The minimum atomic E-state index is 0.619. The zero-order valence-corrected chi connectivity index (χ0v) is 9.22. The zero-order chi connectivity index (χ0) is 10.1. The monoisotopic (exact) mass is 181 g/mol. The average Bonchev–Trinajstić information content (AvgIpc) is 2.17. The van der Waals surface area contributed by atoms with Gasteiger partial charge in [0.25, 0.3) is 0 Å². The maximum Gasteiger partial charge on any atom is 0.00359 e. The Labute approximate surface area is 82.9 Å². The van der Waals surface area contributed by atoms with Crippen molar-refractivity contribution in [3.63, 3.8) is 0 Å². The summed E-state index contributed by atoms with van der Waals surface area (Å²) in [6, 6.07) is 0.619. The lowest BCUT2D eigenvalue weighted by atomic mass is 9.97. The van der Waals surface area contributed by atoms with Crippen molar-refractivity contribution >= 4 is 0 Å². The van der Waals surface area contributed by atoms with Crippen LogP contribution in [0.3, 0.4) is 0 Å². The molecule has 2 unspecified atom stereocenters. The second kappa shape index (κ2) is 8.06. The molecular formula is C12H23N. The molecule has 2 atom stereocenters. The van der Waals surface area contributed by atoms with Crippen molar-refractivity contribution in [3.8, 4) is 0 Å². The summed E-state index contributed by atoms with van der Waals surface area (Å²) < 4.78 is 0. The third-order valence-electron chi connectivity index (χ3n) is 2.47. The minimum Gasteiger partial charge on any atom is -0.317 e. The zero-order valence-electron chi connectivity index (χ0n) is 9.22. The van der Waals surface area contributed by atoms with Gasteiger partial charge >= 0.3 is 0 Å². The van der Waals surface area contributed by atoms with Crippen molar-refractivity contribution in [1.82, 2.24) is 5.32 Å². The van der Waals surface area contributed by atoms with Crippen molar-refractivity contribution in [1.29, 1.82) is 0 Å². The predicted octanol–water partition coefficient (Wildman–Crippen LogP) is 3.14. The van der Waals surface area contributed by atoms with Crippen LogP contribution in [-0.4, -0.2) is 13.1 Å². The molecule has 0 aliphatic carbocycles. The Morgan fingerprint density at radius 3 is 2.54 bits per heavy atom. The fourth-order valence-electron chi connectivity index (χ4n) is 1.25. The lowest BCUT2D eigenvalue weighted by Crippen LogP contribution is -2.21. The third kappa shape index (κ3) is 6.59. The van der Waals surface area contributed by atoms with E-state index in [0.717, 1.165) is 6.42 Å². The average molecular weight is 181 g/mol. The second-order valence-corrected chi connectivity index (χ2v) is 3.57. The molecule has 0 saturated carbocycles. The standard InChI is InChI=1S/C12H23N/c1-5-7-8-12(6-2)10-9-11(3)13-4/h5-7,11-13H,2,8-10H2,1,3-4H3/b7-5-. The highest BCUT2D eigenvalue weighted by Gasteiger charge is 2.04. The largest absolute Gasteiger partial charge is 0.317 e. The Balaban J connectivity index is 3.64. The van der Waals surface area contributed by atoms with Crippen LogP contribution in [0.1, 0.15) is 33.1 Å². The number of hydrogen-bond acceptors (Lipinski definition) is 1. The Hall–Kier alpha value is -0.560. The molecule has 0 aliphatic heterocycles. The summed E-state index contributed by atoms with van der Waals surface area (Å²) in [5, 5.41) is 3.25. The van der Waals surface area contributed by atoms with E-state index < -0.39 is 0 Å². The molecule has 0 spiro atoms. The van der Waals surface area contributed by atoms with E-state index in [4.69, 9.17) is 0 Å². The Morgan fingerprint density at radius 2 is 2.08 bits per heavy atom. The lowest BCUT2D eigenvalue weighted by Gasteiger charge is -2.14. The first kappa shape index (κ1) is 12.4. The van der Waals surface area contributed by atoms with E-state index in [-0.39, 0.29) is 0 Å². The van der Waals surface area contributed by atoms with Gasteiger partial charge in [0.1, 0.15) is 0 Å². The van der Waals surface area contributed by atoms with E-state index in [2.05, 4.69) is 44.0 Å². The molecule has 0 aliphatic rings. The van der Waals surface area contributed by atoms with Crippen LogP contribution in [0.25, 0.3) is 0 Å². The van der Waals surface area contributed by atoms with E-state index in [1.54, 1.807) is 0 Å². The molecule has 0 radical (unpaired) electrons. The van der Waals surface area contributed by atoms with Crippen molar-refractivity contribution in [2.45, 2.75) is 39.2 Å². The number of rotatable bonds is 7. The summed E-state index contributed by atoms with van der Waals surface area (Å²) in [5.74, 6) is 0.645. The molecule has 1 N–H and O–H groups in total. The first-order valence-electron chi connectivity index (χ1n) is 5.15. The second-order valence-electron chi connectivity index (χ2n) is 3.57. The van der Waals surface area contributed by atoms with Gasteiger partial charge in [-0.3, -0.25) is 0 Å². The summed E-state index contributed by atoms with van der Waals surface area (Å²) in [5.41, 5.74) is 0. The van der Waals surface area contributed by atoms with Gasteiger partial charge in [0, 0.05) is 6.04 Å². The van der Waals surface area contributed by atoms with Gasteiger partial charge in [0.05, 0.1) is 0 Å². The van der Waals surface area contributed by atoms with Crippen molar-refractivity contribution in [2.24, 2.45) is 5.92 Å². The first-order valence-corrected chi connectivity index (χ1v) is 5.15. The highest BCUT2D eigenvalue weighted by Crippen LogP contribution is 2.14. The molecule has 0 fully saturated rings. The quantitative estimate of drug-likeness (QED) is 0.595. The van der Waals surface area contributed by atoms with Gasteiger partial charge in [-0.15, -0.1) is 6.58 Å². The van der Waals surface area contributed by atoms with Gasteiger partial charge in [-0.2, -0.15) is 0 Å². The normalized spacial score (nSPS) is 15.9. The van der Waals surface area contributed by atoms with Crippen LogP contribution in [0.15, 0.2) is 24.8 Å². The van der Waals surface area contributed by atoms with E-state index in [1.165, 1.54) is 12.8 Å². The molecule has 0 aromatic rings. The minimum absolute atomic E-state index is 0.619. The molecule has 0 bridgehead atoms. The summed E-state index contributed by atoms with van der Waals surface area (Å²) in [6.07, 6.45) is 9.99. The number of nitrogens with one attached hydrogen (secondary N) is 1. The SMILES string of the molecule is C=CC(C/C=C\C)CCC(C)NC. The molecule has 0 heterocycles. The van der Waals surface area contributed by atoms with Crippen LogP contribution in [0, 0.1) is 5.92 Å². The van der Waals surface area contributed by atoms with Crippen molar-refractivity contribution in [2.75, 3.05) is 7.05 Å². The van der Waals surface area contributed by atoms with Crippen LogP contribution in [-0.2, 0) is 0 Å². The highest BCUT2D eigenvalue weighted by atomic mass is 14.8. The molecule has 1 nitrogen and oxygen atoms in total. The van der Waals surface area contributed by atoms with Crippen LogP contribution < -0.4 is 5.32 Å². The van der Waals surface area contributed by atoms with E-state index in [9.17, 15) is 0 Å². The van der Waals surface area contributed by atoms with Crippen LogP contribution >= 0.6 is 0 Å². The summed E-state index contributed by atoms with van der Waals surface area (Å²) >= 11 is 0. The molecule has 13 heavy (non-hydrogen) atoms. The highest BCUT2D eigenvalue weighted by molar-refractivity contribution is 4.88. The van der Waals surface area contributed by atoms with Crippen LogP contribution in [0.2, 0.25) is 0 Å². The summed E-state index contributed by atoms with van der Waals surface area (Å²) in [6.45, 7) is 8.15. The molecular weight excluding hydrogens is 158 g/mol. The van der Waals surface area contributed by atoms with Crippen LogP contribution in [0.5, 0.6) is 0 Å². The van der Waals surface area contributed by atoms with E-state index in [0.29, 0.717) is 12.0 Å². The fourth-order valence-corrected chi connectivity index (χ4v) is 1.25. The Bertz CT molecular complexity index is 149. The molecule has 0 saturated heterocycles. The summed E-state index contributed by atoms with van der Waals surface area (Å²) in [7, 11) is 2.01. The van der Waals surface area contributed by atoms with Gasteiger partial charge in [-0.1, -0.05) is 18.2 Å². The number of hydrogen-bond donors (Lipinski definition) is 1. The topological polar surface area (TPSA) is 12.0 Å². The molecule has 0 rings (SSSR count). The van der Waals surface area contributed by atoms with Gasteiger partial charge in [0.2, 0.25) is 0 Å². The third-order valence-corrected chi connectivity index (χ3v) is 2.47. The summed E-state index contributed by atoms with van der Waals surface area (Å²) in [4.78, 5) is 0. The van der Waals surface area contributed by atoms with Gasteiger partial charge in [-0.25, -0.2) is 0 Å². The van der Waals surface area contributed by atoms with Gasteiger partial charge in [0.15, 0.2) is 0 Å². The lowest BCUT2D eigenvalue weighted by molar-refractivity contribution is 0.482. The first-order chi connectivity index (χ1) is 6.24. The molecule has 1 heteroatoms. The van der Waals surface area contributed by atoms with Crippen molar-refractivity contribution < 1.29 is 0 Å². The molecule has 76 valence electrons.